The molecule has 0 aliphatic carbocycles. The number of hydrogen-bond acceptors (Lipinski definition) is 6. The van der Waals surface area contributed by atoms with Gasteiger partial charge in [0, 0.05) is 0 Å². The Morgan fingerprint density at radius 1 is 1.14 bits per heavy atom. The van der Waals surface area contributed by atoms with Gasteiger partial charge in [0.2, 0.25) is 0 Å². The van der Waals surface area contributed by atoms with E-state index in [2.05, 4.69) is 0 Å². The standard InChI is InChI=1S/C21H21NO6/c1-12(23)19-17-11-27-21(26)18(17)22(28-19)10-13-2-4-14(5-3-13)15-6-8-16(9-7-15)20(24)25/h2-9,12,17-19,23H,10-11H2,1H3,(H,24,25)/t12-,17-,18-,19-/m0/s1. The first-order chi connectivity index (χ1) is 13.4. The number of carbonyl (C=O) groups is 2. The van der Waals surface area contributed by atoms with Crippen LogP contribution in [0.3, 0.4) is 0 Å². The molecule has 0 saturated carbocycles. The minimum atomic E-state index is -0.952. The second-order valence-corrected chi connectivity index (χ2v) is 7.20. The van der Waals surface area contributed by atoms with Crippen molar-refractivity contribution >= 4 is 11.9 Å². The first kappa shape index (κ1) is 18.6. The minimum Gasteiger partial charge on any atom is -0.478 e. The molecule has 2 heterocycles. The fraction of sp³-hybridized carbons (Fsp3) is 0.333. The molecule has 7 heteroatoms. The third kappa shape index (κ3) is 3.40. The molecule has 2 aliphatic rings. The lowest BCUT2D eigenvalue weighted by Gasteiger charge is -2.21. The van der Waals surface area contributed by atoms with E-state index in [1.165, 1.54) is 0 Å². The third-order valence-corrected chi connectivity index (χ3v) is 5.29. The molecule has 0 amide bonds. The van der Waals surface area contributed by atoms with E-state index in [1.54, 1.807) is 36.3 Å². The summed E-state index contributed by atoms with van der Waals surface area (Å²) < 4.78 is 5.16. The van der Waals surface area contributed by atoms with Crippen molar-refractivity contribution in [3.63, 3.8) is 0 Å². The van der Waals surface area contributed by atoms with Gasteiger partial charge < -0.3 is 14.9 Å². The molecule has 4 atom stereocenters. The fourth-order valence-corrected chi connectivity index (χ4v) is 3.80. The molecule has 2 aliphatic heterocycles. The smallest absolute Gasteiger partial charge is 0.335 e. The van der Waals surface area contributed by atoms with Crippen molar-refractivity contribution in [2.75, 3.05) is 6.61 Å². The average Bonchev–Trinajstić information content (AvgIpc) is 3.24. The number of esters is 1. The van der Waals surface area contributed by atoms with E-state index in [9.17, 15) is 14.7 Å². The quantitative estimate of drug-likeness (QED) is 0.763. The molecule has 0 spiro atoms. The van der Waals surface area contributed by atoms with Crippen LogP contribution in [0.1, 0.15) is 22.8 Å². The molecule has 0 unspecified atom stereocenters. The Labute approximate surface area is 162 Å². The van der Waals surface area contributed by atoms with Crippen LogP contribution in [0.25, 0.3) is 11.1 Å². The van der Waals surface area contributed by atoms with Gasteiger partial charge in [-0.25, -0.2) is 4.79 Å². The first-order valence-electron chi connectivity index (χ1n) is 9.15. The maximum absolute atomic E-state index is 12.1. The van der Waals surface area contributed by atoms with Crippen LogP contribution in [0, 0.1) is 5.92 Å². The molecule has 7 nitrogen and oxygen atoms in total. The summed E-state index contributed by atoms with van der Waals surface area (Å²) in [6.45, 7) is 2.32. The van der Waals surface area contributed by atoms with Gasteiger partial charge in [-0.3, -0.25) is 9.63 Å². The Hall–Kier alpha value is -2.74. The Bertz CT molecular complexity index is 877. The van der Waals surface area contributed by atoms with Crippen LogP contribution in [0.5, 0.6) is 0 Å². The van der Waals surface area contributed by atoms with Gasteiger partial charge >= 0.3 is 11.9 Å². The Morgan fingerprint density at radius 2 is 1.75 bits per heavy atom. The van der Waals surface area contributed by atoms with E-state index in [-0.39, 0.29) is 24.1 Å². The fourth-order valence-electron chi connectivity index (χ4n) is 3.80. The summed E-state index contributed by atoms with van der Waals surface area (Å²) in [5, 5.41) is 20.5. The van der Waals surface area contributed by atoms with E-state index in [0.717, 1.165) is 16.7 Å². The largest absolute Gasteiger partial charge is 0.478 e. The molecule has 0 bridgehead atoms. The van der Waals surface area contributed by atoms with Crippen molar-refractivity contribution in [1.82, 2.24) is 5.06 Å². The van der Waals surface area contributed by atoms with Crippen LogP contribution < -0.4 is 0 Å². The van der Waals surface area contributed by atoms with Crippen LogP contribution in [-0.4, -0.2) is 52.1 Å². The number of benzene rings is 2. The molecule has 2 aromatic carbocycles. The van der Waals surface area contributed by atoms with Gasteiger partial charge in [0.25, 0.3) is 0 Å². The van der Waals surface area contributed by atoms with Gasteiger partial charge in [-0.2, -0.15) is 5.06 Å². The SMILES string of the molecule is C[C@H](O)[C@@H]1ON(Cc2ccc(-c3ccc(C(=O)O)cc3)cc2)[C@@H]2C(=O)OC[C@H]12. The summed E-state index contributed by atoms with van der Waals surface area (Å²) in [7, 11) is 0. The van der Waals surface area contributed by atoms with Crippen LogP contribution in [0.2, 0.25) is 0 Å². The van der Waals surface area contributed by atoms with Gasteiger partial charge in [-0.1, -0.05) is 36.4 Å². The van der Waals surface area contributed by atoms with Gasteiger partial charge in [0.15, 0.2) is 0 Å². The van der Waals surface area contributed by atoms with Crippen molar-refractivity contribution in [3.05, 3.63) is 59.7 Å². The molecular weight excluding hydrogens is 362 g/mol. The van der Waals surface area contributed by atoms with Crippen LogP contribution in [0.15, 0.2) is 48.5 Å². The average molecular weight is 383 g/mol. The number of aromatic carboxylic acids is 1. The number of nitrogens with zero attached hydrogens (tertiary/aromatic N) is 1. The summed E-state index contributed by atoms with van der Waals surface area (Å²) in [6, 6.07) is 14.0. The Kier molecular flexibility index (Phi) is 4.89. The number of carbonyl (C=O) groups excluding carboxylic acids is 1. The topological polar surface area (TPSA) is 96.3 Å². The van der Waals surface area contributed by atoms with E-state index >= 15 is 0 Å². The maximum Gasteiger partial charge on any atom is 0.335 e. The van der Waals surface area contributed by atoms with E-state index in [1.807, 2.05) is 24.3 Å². The molecule has 28 heavy (non-hydrogen) atoms. The number of rotatable bonds is 5. The monoisotopic (exact) mass is 383 g/mol. The second-order valence-electron chi connectivity index (χ2n) is 7.20. The number of aliphatic hydroxyl groups excluding tert-OH is 1. The van der Waals surface area contributed by atoms with Crippen molar-refractivity contribution < 1.29 is 29.4 Å². The van der Waals surface area contributed by atoms with Gasteiger partial charge in [0.1, 0.15) is 12.1 Å². The predicted octanol–water partition coefficient (Wildman–Crippen LogP) is 2.09. The highest BCUT2D eigenvalue weighted by Crippen LogP contribution is 2.36. The third-order valence-electron chi connectivity index (χ3n) is 5.29. The number of fused-ring (bicyclic) bond motifs is 1. The zero-order valence-corrected chi connectivity index (χ0v) is 15.3. The van der Waals surface area contributed by atoms with Crippen molar-refractivity contribution in [3.8, 4) is 11.1 Å². The summed E-state index contributed by atoms with van der Waals surface area (Å²) in [6.07, 6.45) is -1.15. The van der Waals surface area contributed by atoms with Crippen molar-refractivity contribution in [2.45, 2.75) is 31.7 Å². The molecule has 2 saturated heterocycles. The van der Waals surface area contributed by atoms with E-state index < -0.39 is 24.2 Å². The number of cyclic esters (lactones) is 1. The van der Waals surface area contributed by atoms with Crippen LogP contribution >= 0.6 is 0 Å². The number of carboxylic acid groups (broad SMARTS) is 1. The lowest BCUT2D eigenvalue weighted by molar-refractivity contribution is -0.202. The number of aliphatic hydroxyl groups is 1. The molecule has 2 N–H and O–H groups in total. The lowest BCUT2D eigenvalue weighted by Crippen LogP contribution is -2.35. The summed E-state index contributed by atoms with van der Waals surface area (Å²) in [5.74, 6) is -1.44. The lowest BCUT2D eigenvalue weighted by atomic mass is 9.95. The molecule has 0 radical (unpaired) electrons. The molecular formula is C21H21NO6. The number of carboxylic acids is 1. The zero-order chi connectivity index (χ0) is 19.8. The van der Waals surface area contributed by atoms with Crippen molar-refractivity contribution in [2.24, 2.45) is 5.92 Å². The second kappa shape index (κ2) is 7.35. The van der Waals surface area contributed by atoms with Gasteiger partial charge in [-0.05, 0) is 35.7 Å². The highest BCUT2D eigenvalue weighted by Gasteiger charge is 2.54. The minimum absolute atomic E-state index is 0.167. The molecule has 4 rings (SSSR count). The molecule has 2 aromatic rings. The molecule has 2 fully saturated rings. The van der Waals surface area contributed by atoms with Gasteiger partial charge in [0.05, 0.1) is 30.7 Å². The Morgan fingerprint density at radius 3 is 2.32 bits per heavy atom. The molecule has 0 aromatic heterocycles. The first-order valence-corrected chi connectivity index (χ1v) is 9.15. The van der Waals surface area contributed by atoms with E-state index in [4.69, 9.17) is 14.7 Å². The summed E-state index contributed by atoms with van der Waals surface area (Å²) in [4.78, 5) is 28.9. The maximum atomic E-state index is 12.1. The normalized spacial score (nSPS) is 25.4. The molecule has 146 valence electrons. The highest BCUT2D eigenvalue weighted by atomic mass is 16.7. The van der Waals surface area contributed by atoms with Crippen LogP contribution in [0.4, 0.5) is 0 Å². The Balaban J connectivity index is 1.48. The van der Waals surface area contributed by atoms with Crippen LogP contribution in [-0.2, 0) is 20.9 Å². The zero-order valence-electron chi connectivity index (χ0n) is 15.3. The number of hydrogen-bond donors (Lipinski definition) is 2. The summed E-state index contributed by atoms with van der Waals surface area (Å²) >= 11 is 0. The number of hydroxylamine groups is 2. The number of ether oxygens (including phenoxy) is 1. The summed E-state index contributed by atoms with van der Waals surface area (Å²) in [5.41, 5.74) is 3.08. The van der Waals surface area contributed by atoms with Crippen molar-refractivity contribution in [1.29, 1.82) is 0 Å². The van der Waals surface area contributed by atoms with E-state index in [0.29, 0.717) is 6.54 Å². The predicted molar refractivity (Wildman–Crippen MR) is 99.2 cm³/mol. The van der Waals surface area contributed by atoms with Gasteiger partial charge in [-0.15, -0.1) is 0 Å². The highest BCUT2D eigenvalue weighted by molar-refractivity contribution is 5.88.